The van der Waals surface area contributed by atoms with Crippen LogP contribution in [0.3, 0.4) is 0 Å². The van der Waals surface area contributed by atoms with Gasteiger partial charge in [0.25, 0.3) is 0 Å². The number of fused-ring (bicyclic) bond motifs is 2. The summed E-state index contributed by atoms with van der Waals surface area (Å²) in [6.45, 7) is 4.14. The van der Waals surface area contributed by atoms with E-state index in [1.54, 1.807) is 0 Å². The van der Waals surface area contributed by atoms with Crippen molar-refractivity contribution in [3.63, 3.8) is 0 Å². The van der Waals surface area contributed by atoms with Gasteiger partial charge in [-0.3, -0.25) is 5.43 Å². The number of nitrogens with one attached hydrogen (secondary N) is 1. The molecule has 4 nitrogen and oxygen atoms in total. The van der Waals surface area contributed by atoms with Crippen LogP contribution in [0.2, 0.25) is 0 Å². The number of anilines is 1. The van der Waals surface area contributed by atoms with E-state index in [0.29, 0.717) is 5.82 Å². The highest BCUT2D eigenvalue weighted by molar-refractivity contribution is 5.80. The molecule has 0 saturated heterocycles. The Balaban J connectivity index is 1.63. The normalized spacial score (nSPS) is 11.9. The van der Waals surface area contributed by atoms with E-state index in [-0.39, 0.29) is 0 Å². The van der Waals surface area contributed by atoms with Gasteiger partial charge in [0.05, 0.1) is 10.9 Å². The number of hydrogen-bond donors (Lipinski definition) is 1. The number of aryl methyl sites for hydroxylation is 2. The topological polar surface area (TPSA) is 50.4 Å². The Kier molecular flexibility index (Phi) is 4.52. The van der Waals surface area contributed by atoms with E-state index in [2.05, 4.69) is 59.7 Å². The number of nitrogens with zero attached hydrogens (tertiary/aromatic N) is 2. The number of para-hydroxylation sites is 1. The van der Waals surface area contributed by atoms with E-state index in [1.165, 1.54) is 5.56 Å². The third-order valence-electron chi connectivity index (χ3n) is 5.12. The van der Waals surface area contributed by atoms with Crippen LogP contribution in [0.4, 0.5) is 5.82 Å². The first kappa shape index (κ1) is 18.1. The zero-order chi connectivity index (χ0) is 20.5. The van der Waals surface area contributed by atoms with Crippen LogP contribution in [0.15, 0.2) is 94.4 Å². The van der Waals surface area contributed by atoms with Crippen molar-refractivity contribution in [2.24, 2.45) is 5.10 Å². The van der Waals surface area contributed by atoms with E-state index in [0.717, 1.165) is 44.1 Å². The van der Waals surface area contributed by atoms with Crippen molar-refractivity contribution in [2.45, 2.75) is 13.8 Å². The predicted octanol–water partition coefficient (Wildman–Crippen LogP) is 6.19. The van der Waals surface area contributed by atoms with Gasteiger partial charge in [-0.1, -0.05) is 59.7 Å². The van der Waals surface area contributed by atoms with Gasteiger partial charge in [-0.15, -0.1) is 0 Å². The standard InChI is InChI=1S/C26H21N3O/c1-17-7-10-20(11-8-17)25-16-23(21-15-18(2)9-13-24(21)30-25)28-29-26-14-12-19-5-3-4-6-22(19)27-26/h3-16H,1-2H3,(H,27,29)/b28-23+. The average molecular weight is 391 g/mol. The zero-order valence-electron chi connectivity index (χ0n) is 16.9. The van der Waals surface area contributed by atoms with Crippen LogP contribution in [-0.2, 0) is 0 Å². The fourth-order valence-corrected chi connectivity index (χ4v) is 3.48. The van der Waals surface area contributed by atoms with Crippen LogP contribution < -0.4 is 10.8 Å². The Morgan fingerprint density at radius 2 is 1.60 bits per heavy atom. The summed E-state index contributed by atoms with van der Waals surface area (Å²) in [7, 11) is 0. The van der Waals surface area contributed by atoms with Crippen molar-refractivity contribution < 1.29 is 4.42 Å². The van der Waals surface area contributed by atoms with Gasteiger partial charge in [-0.05, 0) is 44.2 Å². The summed E-state index contributed by atoms with van der Waals surface area (Å²) >= 11 is 0. The van der Waals surface area contributed by atoms with Crippen LogP contribution in [0, 0.1) is 13.8 Å². The summed E-state index contributed by atoms with van der Waals surface area (Å²) in [5.41, 5.74) is 8.24. The molecule has 0 spiro atoms. The van der Waals surface area contributed by atoms with Crippen molar-refractivity contribution in [3.8, 4) is 11.3 Å². The molecule has 3 aromatic carbocycles. The maximum Gasteiger partial charge on any atom is 0.146 e. The summed E-state index contributed by atoms with van der Waals surface area (Å²) in [4.78, 5) is 4.65. The molecule has 0 fully saturated rings. The highest BCUT2D eigenvalue weighted by Crippen LogP contribution is 2.23. The first-order valence-electron chi connectivity index (χ1n) is 9.93. The number of aromatic nitrogens is 1. The highest BCUT2D eigenvalue weighted by Gasteiger charge is 2.07. The number of hydrogen-bond acceptors (Lipinski definition) is 4. The minimum atomic E-state index is 0.701. The van der Waals surface area contributed by atoms with Crippen molar-refractivity contribution in [2.75, 3.05) is 5.43 Å². The first-order valence-corrected chi connectivity index (χ1v) is 9.93. The summed E-state index contributed by atoms with van der Waals surface area (Å²) in [6.07, 6.45) is 0. The third kappa shape index (κ3) is 3.55. The third-order valence-corrected chi connectivity index (χ3v) is 5.12. The molecular formula is C26H21N3O. The van der Waals surface area contributed by atoms with Crippen molar-refractivity contribution in [3.05, 3.63) is 101 Å². The largest absolute Gasteiger partial charge is 0.456 e. The number of benzene rings is 3. The maximum absolute atomic E-state index is 6.19. The van der Waals surface area contributed by atoms with Crippen LogP contribution in [0.5, 0.6) is 0 Å². The van der Waals surface area contributed by atoms with Gasteiger partial charge in [-0.25, -0.2) is 4.98 Å². The van der Waals surface area contributed by atoms with E-state index >= 15 is 0 Å². The molecule has 0 aliphatic carbocycles. The van der Waals surface area contributed by atoms with Gasteiger partial charge in [0.15, 0.2) is 0 Å². The van der Waals surface area contributed by atoms with Crippen LogP contribution in [-0.4, -0.2) is 4.98 Å². The molecule has 4 heteroatoms. The molecule has 1 N–H and O–H groups in total. The van der Waals surface area contributed by atoms with E-state index in [1.807, 2.05) is 54.6 Å². The van der Waals surface area contributed by atoms with Gasteiger partial charge in [0, 0.05) is 22.4 Å². The second kappa shape index (κ2) is 7.48. The second-order valence-corrected chi connectivity index (χ2v) is 7.47. The molecule has 2 aromatic heterocycles. The summed E-state index contributed by atoms with van der Waals surface area (Å²) in [5.74, 6) is 1.48. The Labute approximate surface area is 174 Å². The molecule has 0 radical (unpaired) electrons. The van der Waals surface area contributed by atoms with Crippen molar-refractivity contribution in [1.82, 2.24) is 4.98 Å². The Morgan fingerprint density at radius 3 is 2.47 bits per heavy atom. The van der Waals surface area contributed by atoms with Crippen LogP contribution in [0.25, 0.3) is 33.2 Å². The minimum Gasteiger partial charge on any atom is -0.456 e. The van der Waals surface area contributed by atoms with Crippen molar-refractivity contribution in [1.29, 1.82) is 0 Å². The molecule has 0 bridgehead atoms. The Bertz CT molecular complexity index is 1430. The molecule has 0 aliphatic heterocycles. The molecule has 2 heterocycles. The SMILES string of the molecule is Cc1ccc(-c2c/c(=N\Nc3ccc4ccccc4n3)c3cc(C)ccc3o2)cc1. The lowest BCUT2D eigenvalue weighted by Gasteiger charge is -2.07. The monoisotopic (exact) mass is 391 g/mol. The summed E-state index contributed by atoms with van der Waals surface area (Å²) < 4.78 is 6.19. The lowest BCUT2D eigenvalue weighted by molar-refractivity contribution is 0.618. The molecule has 146 valence electrons. The fraction of sp³-hybridized carbons (Fsp3) is 0.0769. The van der Waals surface area contributed by atoms with Gasteiger partial charge in [0.2, 0.25) is 0 Å². The average Bonchev–Trinajstić information content (AvgIpc) is 2.78. The number of rotatable bonds is 3. The predicted molar refractivity (Wildman–Crippen MR) is 122 cm³/mol. The van der Waals surface area contributed by atoms with Crippen LogP contribution >= 0.6 is 0 Å². The molecule has 5 aromatic rings. The molecule has 0 atom stereocenters. The molecule has 5 rings (SSSR count). The van der Waals surface area contributed by atoms with Gasteiger partial charge < -0.3 is 4.42 Å². The maximum atomic E-state index is 6.19. The molecular weight excluding hydrogens is 370 g/mol. The van der Waals surface area contributed by atoms with E-state index in [4.69, 9.17) is 4.42 Å². The lowest BCUT2D eigenvalue weighted by Crippen LogP contribution is -2.08. The second-order valence-electron chi connectivity index (χ2n) is 7.47. The summed E-state index contributed by atoms with van der Waals surface area (Å²) in [6, 6.07) is 28.4. The lowest BCUT2D eigenvalue weighted by atomic mass is 10.1. The quantitative estimate of drug-likeness (QED) is 0.373. The molecule has 0 saturated carbocycles. The Morgan fingerprint density at radius 1 is 0.800 bits per heavy atom. The first-order chi connectivity index (χ1) is 14.7. The smallest absolute Gasteiger partial charge is 0.146 e. The van der Waals surface area contributed by atoms with Gasteiger partial charge >= 0.3 is 0 Å². The molecule has 0 amide bonds. The molecule has 0 unspecified atom stereocenters. The van der Waals surface area contributed by atoms with Gasteiger partial charge in [-0.2, -0.15) is 5.10 Å². The molecule has 0 aliphatic rings. The minimum absolute atomic E-state index is 0.701. The molecule has 30 heavy (non-hydrogen) atoms. The zero-order valence-corrected chi connectivity index (χ0v) is 16.9. The van der Waals surface area contributed by atoms with Crippen LogP contribution in [0.1, 0.15) is 11.1 Å². The Hall–Kier alpha value is -3.92. The van der Waals surface area contributed by atoms with E-state index < -0.39 is 0 Å². The summed E-state index contributed by atoms with van der Waals surface area (Å²) in [5, 5.41) is 7.55. The van der Waals surface area contributed by atoms with E-state index in [9.17, 15) is 0 Å². The highest BCUT2D eigenvalue weighted by atomic mass is 16.3. The van der Waals surface area contributed by atoms with Gasteiger partial charge in [0.1, 0.15) is 17.2 Å². The number of pyridine rings is 1. The fourth-order valence-electron chi connectivity index (χ4n) is 3.48. The van der Waals surface area contributed by atoms with Crippen molar-refractivity contribution >= 4 is 27.7 Å².